The maximum Gasteiger partial charge on any atom is 0.277 e. The van der Waals surface area contributed by atoms with E-state index in [9.17, 15) is 18.7 Å². The van der Waals surface area contributed by atoms with Crippen LogP contribution in [0.5, 0.6) is 0 Å². The number of aliphatic hydroxyl groups is 1. The van der Waals surface area contributed by atoms with E-state index in [-0.39, 0.29) is 17.1 Å². The third kappa shape index (κ3) is 3.19. The number of benzene rings is 2. The maximum atomic E-state index is 13.6. The van der Waals surface area contributed by atoms with Gasteiger partial charge in [-0.3, -0.25) is 4.79 Å². The van der Waals surface area contributed by atoms with Crippen molar-refractivity contribution < 1.29 is 13.9 Å². The molecule has 0 saturated carbocycles. The molecule has 4 aromatic rings. The van der Waals surface area contributed by atoms with Crippen LogP contribution in [0.4, 0.5) is 8.78 Å². The Bertz CT molecular complexity index is 1250. The molecule has 142 valence electrons. The summed E-state index contributed by atoms with van der Waals surface area (Å²) in [6.45, 7) is -0.314. The highest BCUT2D eigenvalue weighted by Crippen LogP contribution is 2.25. The second kappa shape index (κ2) is 7.18. The fourth-order valence-corrected chi connectivity index (χ4v) is 3.35. The first-order valence-corrected chi connectivity index (χ1v) is 8.77. The van der Waals surface area contributed by atoms with E-state index in [1.807, 2.05) is 0 Å². The minimum atomic E-state index is -0.463. The average Bonchev–Trinajstić information content (AvgIpc) is 3.05. The Morgan fingerprint density at radius 3 is 2.57 bits per heavy atom. The molecule has 1 N–H and O–H groups in total. The van der Waals surface area contributed by atoms with Crippen LogP contribution in [-0.4, -0.2) is 19.3 Å². The zero-order valence-electron chi connectivity index (χ0n) is 14.4. The molecule has 0 amide bonds. The van der Waals surface area contributed by atoms with E-state index in [4.69, 9.17) is 11.6 Å². The molecule has 0 aliphatic carbocycles. The number of nitrogens with zero attached hydrogens (tertiary/aromatic N) is 3. The summed E-state index contributed by atoms with van der Waals surface area (Å²) < 4.78 is 29.6. The van der Waals surface area contributed by atoms with Gasteiger partial charge in [0.05, 0.1) is 18.8 Å². The molecular weight excluding hydrogens is 388 g/mol. The highest BCUT2D eigenvalue weighted by molar-refractivity contribution is 6.31. The van der Waals surface area contributed by atoms with Crippen molar-refractivity contribution in [2.75, 3.05) is 0 Å². The quantitative estimate of drug-likeness (QED) is 0.568. The van der Waals surface area contributed by atoms with Crippen LogP contribution in [0.1, 0.15) is 11.1 Å². The van der Waals surface area contributed by atoms with Gasteiger partial charge < -0.3 is 9.67 Å². The van der Waals surface area contributed by atoms with E-state index in [1.54, 1.807) is 12.3 Å². The molecule has 0 atom stereocenters. The highest BCUT2D eigenvalue weighted by Gasteiger charge is 2.18. The van der Waals surface area contributed by atoms with Gasteiger partial charge in [0.25, 0.3) is 5.56 Å². The fraction of sp³-hybridized carbons (Fsp3) is 0.100. The Kier molecular flexibility index (Phi) is 4.70. The SMILES string of the molecule is O=c1c2c(CO)c(-c3cccc(F)c3)nn2ccn1Cc1ccc(F)cc1Cl. The van der Waals surface area contributed by atoms with E-state index < -0.39 is 23.8 Å². The van der Waals surface area contributed by atoms with Gasteiger partial charge in [0, 0.05) is 28.5 Å². The zero-order valence-corrected chi connectivity index (χ0v) is 15.2. The van der Waals surface area contributed by atoms with Crippen molar-refractivity contribution in [2.45, 2.75) is 13.2 Å². The number of aliphatic hydroxyl groups excluding tert-OH is 1. The Hall–Kier alpha value is -3.03. The van der Waals surface area contributed by atoms with Gasteiger partial charge in [0.1, 0.15) is 17.2 Å². The first-order chi connectivity index (χ1) is 13.5. The number of halogens is 3. The molecule has 4 rings (SSSR count). The summed E-state index contributed by atoms with van der Waals surface area (Å²) >= 11 is 6.06. The molecule has 8 heteroatoms. The number of hydrogen-bond acceptors (Lipinski definition) is 3. The van der Waals surface area contributed by atoms with Crippen molar-refractivity contribution >= 4 is 17.1 Å². The first-order valence-electron chi connectivity index (χ1n) is 8.39. The van der Waals surface area contributed by atoms with Gasteiger partial charge in [-0.2, -0.15) is 5.10 Å². The van der Waals surface area contributed by atoms with Crippen LogP contribution in [0.3, 0.4) is 0 Å². The van der Waals surface area contributed by atoms with Crippen molar-refractivity contribution in [3.8, 4) is 11.3 Å². The van der Waals surface area contributed by atoms with Crippen molar-refractivity contribution in [2.24, 2.45) is 0 Å². The van der Waals surface area contributed by atoms with Gasteiger partial charge in [-0.25, -0.2) is 13.3 Å². The highest BCUT2D eigenvalue weighted by atomic mass is 35.5. The third-order valence-electron chi connectivity index (χ3n) is 4.47. The maximum absolute atomic E-state index is 13.6. The molecule has 0 spiro atoms. The molecule has 0 aliphatic heterocycles. The standard InChI is InChI=1S/C20H14ClF2N3O2/c21-17-9-15(23)5-4-13(17)10-25-6-7-26-19(20(25)28)16(11-27)18(24-26)12-2-1-3-14(22)8-12/h1-9,27H,10-11H2. The molecule has 0 aliphatic rings. The van der Waals surface area contributed by atoms with Gasteiger partial charge in [0.15, 0.2) is 0 Å². The third-order valence-corrected chi connectivity index (χ3v) is 4.82. The van der Waals surface area contributed by atoms with Crippen LogP contribution in [0.2, 0.25) is 5.02 Å². The fourth-order valence-electron chi connectivity index (χ4n) is 3.13. The van der Waals surface area contributed by atoms with Gasteiger partial charge in [0.2, 0.25) is 0 Å². The van der Waals surface area contributed by atoms with Crippen molar-refractivity contribution in [3.63, 3.8) is 0 Å². The van der Waals surface area contributed by atoms with E-state index in [0.717, 1.165) is 0 Å². The van der Waals surface area contributed by atoms with Crippen LogP contribution < -0.4 is 5.56 Å². The number of rotatable bonds is 4. The van der Waals surface area contributed by atoms with Crippen molar-refractivity contribution in [1.29, 1.82) is 0 Å². The molecule has 28 heavy (non-hydrogen) atoms. The van der Waals surface area contributed by atoms with Crippen molar-refractivity contribution in [1.82, 2.24) is 14.2 Å². The largest absolute Gasteiger partial charge is 0.392 e. The van der Waals surface area contributed by atoms with Crippen LogP contribution >= 0.6 is 11.6 Å². The summed E-state index contributed by atoms with van der Waals surface area (Å²) in [4.78, 5) is 13.0. The molecule has 0 bridgehead atoms. The molecular formula is C20H14ClF2N3O2. The van der Waals surface area contributed by atoms with Crippen LogP contribution in [-0.2, 0) is 13.2 Å². The zero-order chi connectivity index (χ0) is 19.8. The topological polar surface area (TPSA) is 59.5 Å². The summed E-state index contributed by atoms with van der Waals surface area (Å²) in [6.07, 6.45) is 3.09. The average molecular weight is 402 g/mol. The second-order valence-electron chi connectivity index (χ2n) is 6.26. The number of hydrogen-bond donors (Lipinski definition) is 1. The van der Waals surface area contributed by atoms with Gasteiger partial charge in [-0.1, -0.05) is 29.8 Å². The predicted molar refractivity (Wildman–Crippen MR) is 101 cm³/mol. The lowest BCUT2D eigenvalue weighted by atomic mass is 10.1. The summed E-state index contributed by atoms with van der Waals surface area (Å²) in [6, 6.07) is 9.74. The Labute approximate surface area is 163 Å². The lowest BCUT2D eigenvalue weighted by Crippen LogP contribution is -2.22. The number of fused-ring (bicyclic) bond motifs is 1. The second-order valence-corrected chi connectivity index (χ2v) is 6.66. The summed E-state index contributed by atoms with van der Waals surface area (Å²) in [5.74, 6) is -0.906. The Balaban J connectivity index is 1.86. The van der Waals surface area contributed by atoms with E-state index in [0.29, 0.717) is 22.4 Å². The molecule has 5 nitrogen and oxygen atoms in total. The van der Waals surface area contributed by atoms with Crippen LogP contribution in [0, 0.1) is 11.6 Å². The summed E-state index contributed by atoms with van der Waals surface area (Å²) in [5, 5.41) is 14.4. The van der Waals surface area contributed by atoms with E-state index in [1.165, 1.54) is 51.7 Å². The molecule has 2 heterocycles. The molecule has 0 fully saturated rings. The van der Waals surface area contributed by atoms with Crippen molar-refractivity contribution in [3.05, 3.63) is 93.0 Å². The normalized spacial score (nSPS) is 11.3. The lowest BCUT2D eigenvalue weighted by molar-refractivity contribution is 0.283. The molecule has 2 aromatic heterocycles. The lowest BCUT2D eigenvalue weighted by Gasteiger charge is -2.08. The smallest absolute Gasteiger partial charge is 0.277 e. The van der Waals surface area contributed by atoms with Crippen LogP contribution in [0.25, 0.3) is 16.8 Å². The molecule has 0 saturated heterocycles. The van der Waals surface area contributed by atoms with Gasteiger partial charge in [-0.05, 0) is 29.8 Å². The molecule has 0 unspecified atom stereocenters. The summed E-state index contributed by atoms with van der Waals surface area (Å²) in [5.41, 5.74) is 1.45. The van der Waals surface area contributed by atoms with Crippen LogP contribution in [0.15, 0.2) is 59.7 Å². The first kappa shape index (κ1) is 18.3. The monoisotopic (exact) mass is 401 g/mol. The molecule has 0 radical (unpaired) electrons. The molecule has 2 aromatic carbocycles. The Morgan fingerprint density at radius 1 is 1.07 bits per heavy atom. The minimum absolute atomic E-state index is 0.125. The van der Waals surface area contributed by atoms with Gasteiger partial charge >= 0.3 is 0 Å². The predicted octanol–water partition coefficient (Wildman–Crippen LogP) is 3.64. The number of aromatic nitrogens is 3. The van der Waals surface area contributed by atoms with E-state index in [2.05, 4.69) is 5.10 Å². The minimum Gasteiger partial charge on any atom is -0.392 e. The van der Waals surface area contributed by atoms with Gasteiger partial charge in [-0.15, -0.1) is 0 Å². The van der Waals surface area contributed by atoms with E-state index >= 15 is 0 Å². The summed E-state index contributed by atoms with van der Waals surface area (Å²) in [7, 11) is 0. The Morgan fingerprint density at radius 2 is 1.86 bits per heavy atom.